The number of halogens is 1. The van der Waals surface area contributed by atoms with Gasteiger partial charge in [-0.2, -0.15) is 0 Å². The van der Waals surface area contributed by atoms with E-state index in [1.54, 1.807) is 4.72 Å². The van der Waals surface area contributed by atoms with Crippen molar-refractivity contribution in [2.24, 2.45) is 0 Å². The van der Waals surface area contributed by atoms with E-state index < -0.39 is 87.9 Å². The minimum absolute atomic E-state index is 0.448. The maximum Gasteiger partial charge on any atom is 0.329 e. The number of nitrogens with one attached hydrogen (secondary N) is 2. The first-order chi connectivity index (χ1) is 17.2. The lowest BCUT2D eigenvalue weighted by Crippen LogP contribution is -2.67. The summed E-state index contributed by atoms with van der Waals surface area (Å²) in [6.45, 7) is 3.59. The molecule has 5 unspecified atom stereocenters. The van der Waals surface area contributed by atoms with E-state index in [1.165, 1.54) is 0 Å². The van der Waals surface area contributed by atoms with Gasteiger partial charge in [-0.3, -0.25) is 19.2 Å². The second-order valence-electron chi connectivity index (χ2n) is 7.66. The van der Waals surface area contributed by atoms with Gasteiger partial charge in [0.1, 0.15) is 24.6 Å². The smallest absolute Gasteiger partial charge is 0.329 e. The molecule has 1 aromatic carbocycles. The fraction of sp³-hybridized carbons (Fsp3) is 0.476. The Morgan fingerprint density at radius 2 is 1.41 bits per heavy atom. The zero-order valence-electron chi connectivity index (χ0n) is 20.1. The van der Waals surface area contributed by atoms with E-state index in [1.807, 2.05) is 0 Å². The summed E-state index contributed by atoms with van der Waals surface area (Å²) in [6, 6.07) is 0.549. The molecule has 2 amide bonds. The predicted octanol–water partition coefficient (Wildman–Crippen LogP) is -0.103. The highest BCUT2D eigenvalue weighted by atomic mass is 32.2. The molecule has 1 aromatic rings. The highest BCUT2D eigenvalue weighted by molar-refractivity contribution is 7.90. The van der Waals surface area contributed by atoms with Crippen LogP contribution < -0.4 is 10.0 Å². The van der Waals surface area contributed by atoms with Crippen LogP contribution in [0.3, 0.4) is 0 Å². The summed E-state index contributed by atoms with van der Waals surface area (Å²) >= 11 is 0. The predicted molar refractivity (Wildman–Crippen MR) is 117 cm³/mol. The number of rotatable bonds is 8. The summed E-state index contributed by atoms with van der Waals surface area (Å²) in [6.07, 6.45) is -6.13. The molecule has 0 aromatic heterocycles. The van der Waals surface area contributed by atoms with Gasteiger partial charge in [0.05, 0.1) is 4.90 Å². The second kappa shape index (κ2) is 12.4. The van der Waals surface area contributed by atoms with Gasteiger partial charge in [0.25, 0.3) is 10.0 Å². The molecule has 14 nitrogen and oxygen atoms in total. The van der Waals surface area contributed by atoms with Crippen LogP contribution in [0.25, 0.3) is 0 Å². The van der Waals surface area contributed by atoms with Gasteiger partial charge in [0.2, 0.25) is 6.29 Å². The maximum absolute atomic E-state index is 13.1. The molecule has 0 spiro atoms. The Hall–Kier alpha value is -3.79. The topological polar surface area (TPSA) is 190 Å². The molecule has 5 atom stereocenters. The number of esters is 4. The minimum atomic E-state index is -4.50. The van der Waals surface area contributed by atoms with Crippen molar-refractivity contribution >= 4 is 39.9 Å². The van der Waals surface area contributed by atoms with Crippen LogP contribution in [0.4, 0.5) is 9.18 Å². The third-order valence-electron chi connectivity index (χ3n) is 4.63. The quantitative estimate of drug-likeness (QED) is 0.324. The van der Waals surface area contributed by atoms with Crippen molar-refractivity contribution in [1.82, 2.24) is 10.0 Å². The van der Waals surface area contributed by atoms with Crippen molar-refractivity contribution < 1.29 is 60.5 Å². The van der Waals surface area contributed by atoms with E-state index in [0.29, 0.717) is 0 Å². The molecule has 204 valence electrons. The zero-order valence-corrected chi connectivity index (χ0v) is 20.9. The Morgan fingerprint density at radius 1 is 0.865 bits per heavy atom. The van der Waals surface area contributed by atoms with Gasteiger partial charge in [-0.05, 0) is 24.3 Å². The number of urea groups is 1. The van der Waals surface area contributed by atoms with Gasteiger partial charge in [0, 0.05) is 27.7 Å². The first-order valence-corrected chi connectivity index (χ1v) is 12.1. The number of amides is 2. The molecule has 2 rings (SSSR count). The zero-order chi connectivity index (χ0) is 27.9. The summed E-state index contributed by atoms with van der Waals surface area (Å²) in [7, 11) is -4.50. The van der Waals surface area contributed by atoms with Crippen molar-refractivity contribution in [3.05, 3.63) is 30.1 Å². The standard InChI is InChI=1S/C21H25FN2O12S/c1-10(25)32-9-16-18(33-11(2)26)19(34-12(3)27)17(20(36-16)35-13(4)28)23-21(29)24-37(30,31)15-7-5-14(22)6-8-15/h5-8,16-20H,9H2,1-4H3,(H2,23,24,29). The van der Waals surface area contributed by atoms with E-state index in [9.17, 15) is 36.8 Å². The molecule has 0 aliphatic carbocycles. The third kappa shape index (κ3) is 8.68. The second-order valence-corrected chi connectivity index (χ2v) is 9.34. The lowest BCUT2D eigenvalue weighted by Gasteiger charge is -2.44. The highest BCUT2D eigenvalue weighted by Gasteiger charge is 2.52. The molecule has 37 heavy (non-hydrogen) atoms. The summed E-state index contributed by atoms with van der Waals surface area (Å²) in [5, 5.41) is 2.17. The average Bonchev–Trinajstić information content (AvgIpc) is 2.75. The minimum Gasteiger partial charge on any atom is -0.463 e. The first-order valence-electron chi connectivity index (χ1n) is 10.6. The fourth-order valence-electron chi connectivity index (χ4n) is 3.30. The Labute approximate surface area is 210 Å². The molecule has 1 aliphatic rings. The molecule has 2 N–H and O–H groups in total. The van der Waals surface area contributed by atoms with Gasteiger partial charge in [0.15, 0.2) is 12.2 Å². The number of carbonyl (C=O) groups is 5. The molecule has 1 fully saturated rings. The lowest BCUT2D eigenvalue weighted by molar-refractivity contribution is -0.270. The summed E-state index contributed by atoms with van der Waals surface area (Å²) in [4.78, 5) is 58.9. The van der Waals surface area contributed by atoms with E-state index in [4.69, 9.17) is 23.7 Å². The van der Waals surface area contributed by atoms with Crippen LogP contribution in [-0.4, -0.2) is 75.6 Å². The van der Waals surface area contributed by atoms with Crippen molar-refractivity contribution in [3.63, 3.8) is 0 Å². The molecule has 0 radical (unpaired) electrons. The Balaban J connectivity index is 2.40. The maximum atomic E-state index is 13.1. The van der Waals surface area contributed by atoms with E-state index >= 15 is 0 Å². The normalized spacial score (nSPS) is 23.2. The van der Waals surface area contributed by atoms with Gasteiger partial charge >= 0.3 is 29.9 Å². The number of ether oxygens (including phenoxy) is 5. The molecular weight excluding hydrogens is 523 g/mol. The number of hydrogen-bond acceptors (Lipinski definition) is 12. The summed E-state index contributed by atoms with van der Waals surface area (Å²) in [5.74, 6) is -4.13. The largest absolute Gasteiger partial charge is 0.463 e. The van der Waals surface area contributed by atoms with E-state index in [-0.39, 0.29) is 0 Å². The van der Waals surface area contributed by atoms with Gasteiger partial charge in [-0.1, -0.05) is 0 Å². The third-order valence-corrected chi connectivity index (χ3v) is 5.98. The van der Waals surface area contributed by atoms with Gasteiger partial charge in [-0.15, -0.1) is 0 Å². The monoisotopic (exact) mass is 548 g/mol. The average molecular weight is 548 g/mol. The number of carbonyl (C=O) groups excluding carboxylic acids is 5. The molecule has 0 saturated carbocycles. The number of benzene rings is 1. The van der Waals surface area contributed by atoms with Crippen LogP contribution in [0, 0.1) is 5.82 Å². The molecule has 1 aliphatic heterocycles. The number of hydrogen-bond donors (Lipinski definition) is 2. The van der Waals surface area contributed by atoms with Crippen molar-refractivity contribution in [2.75, 3.05) is 6.61 Å². The number of sulfonamides is 1. The molecule has 1 saturated heterocycles. The molecule has 0 bridgehead atoms. The van der Waals surface area contributed by atoms with Crippen LogP contribution in [0.15, 0.2) is 29.2 Å². The molecular formula is C21H25FN2O12S. The summed E-state index contributed by atoms with van der Waals surface area (Å²) in [5.41, 5.74) is 0. The van der Waals surface area contributed by atoms with E-state index in [2.05, 4.69) is 5.32 Å². The van der Waals surface area contributed by atoms with Crippen LogP contribution in [0.2, 0.25) is 0 Å². The fourth-order valence-corrected chi connectivity index (χ4v) is 4.21. The highest BCUT2D eigenvalue weighted by Crippen LogP contribution is 2.28. The Morgan fingerprint density at radius 3 is 1.92 bits per heavy atom. The van der Waals surface area contributed by atoms with Crippen molar-refractivity contribution in [3.8, 4) is 0 Å². The van der Waals surface area contributed by atoms with Crippen LogP contribution in [-0.2, 0) is 52.9 Å². The van der Waals surface area contributed by atoms with Gasteiger partial charge in [-0.25, -0.2) is 22.3 Å². The van der Waals surface area contributed by atoms with Crippen LogP contribution in [0.5, 0.6) is 0 Å². The lowest BCUT2D eigenvalue weighted by atomic mass is 9.96. The molecule has 1 heterocycles. The van der Waals surface area contributed by atoms with Crippen molar-refractivity contribution in [2.45, 2.75) is 63.2 Å². The Kier molecular flexibility index (Phi) is 9.90. The Bertz CT molecular complexity index is 1140. The molecule has 16 heteroatoms. The van der Waals surface area contributed by atoms with Crippen molar-refractivity contribution in [1.29, 1.82) is 0 Å². The van der Waals surface area contributed by atoms with Crippen LogP contribution >= 0.6 is 0 Å². The first kappa shape index (κ1) is 29.4. The van der Waals surface area contributed by atoms with Crippen LogP contribution in [0.1, 0.15) is 27.7 Å². The van der Waals surface area contributed by atoms with E-state index in [0.717, 1.165) is 52.0 Å². The summed E-state index contributed by atoms with van der Waals surface area (Å²) < 4.78 is 65.8. The SMILES string of the molecule is CC(=O)OCC1OC(OC(C)=O)C(NC(=O)NS(=O)(=O)c2ccc(F)cc2)C(OC(C)=O)C1OC(C)=O. The van der Waals surface area contributed by atoms with Gasteiger partial charge < -0.3 is 29.0 Å².